The maximum absolute atomic E-state index is 11.8. The topological polar surface area (TPSA) is 57.8 Å². The van der Waals surface area contributed by atoms with E-state index in [1.807, 2.05) is 25.3 Å². The van der Waals surface area contributed by atoms with Crippen LogP contribution in [0.1, 0.15) is 19.8 Å². The number of fused-ring (bicyclic) bond motifs is 1. The van der Waals surface area contributed by atoms with Crippen LogP contribution in [-0.2, 0) is 4.79 Å². The van der Waals surface area contributed by atoms with Crippen LogP contribution in [0.5, 0.6) is 0 Å². The summed E-state index contributed by atoms with van der Waals surface area (Å²) in [6.07, 6.45) is 5.49. The van der Waals surface area contributed by atoms with Crippen molar-refractivity contribution < 1.29 is 4.79 Å². The number of carbonyl (C=O) groups excluding carboxylic acids is 1. The summed E-state index contributed by atoms with van der Waals surface area (Å²) in [5, 5.41) is 3.92. The van der Waals surface area contributed by atoms with Crippen LogP contribution in [-0.4, -0.2) is 15.9 Å². The first-order valence-corrected chi connectivity index (χ1v) is 5.42. The standard InChI is InChI=1S/C12H13N3O/c1-12(3-4-12)11(16)15-9-6-8-2-5-13-10(8)14-7-9/h2,5-7H,3-4H2,1H3,(H,13,14)(H,15,16). The molecule has 2 aromatic rings. The zero-order chi connectivity index (χ0) is 11.2. The zero-order valence-corrected chi connectivity index (χ0v) is 9.08. The third-order valence-electron chi connectivity index (χ3n) is 3.21. The molecule has 2 N–H and O–H groups in total. The van der Waals surface area contributed by atoms with Gasteiger partial charge < -0.3 is 10.3 Å². The van der Waals surface area contributed by atoms with Crippen LogP contribution in [0.2, 0.25) is 0 Å². The summed E-state index contributed by atoms with van der Waals surface area (Å²) in [7, 11) is 0. The fraction of sp³-hybridized carbons (Fsp3) is 0.333. The van der Waals surface area contributed by atoms with Crippen molar-refractivity contribution in [1.29, 1.82) is 0 Å². The normalized spacial score (nSPS) is 17.3. The number of aromatic amines is 1. The highest BCUT2D eigenvalue weighted by molar-refractivity contribution is 5.97. The fourth-order valence-corrected chi connectivity index (χ4v) is 1.70. The molecule has 16 heavy (non-hydrogen) atoms. The Morgan fingerprint density at radius 3 is 3.12 bits per heavy atom. The molecule has 2 aromatic heterocycles. The Kier molecular flexibility index (Phi) is 1.80. The molecular formula is C12H13N3O. The number of anilines is 1. The van der Waals surface area contributed by atoms with Crippen LogP contribution >= 0.6 is 0 Å². The minimum absolute atomic E-state index is 0.101. The summed E-state index contributed by atoms with van der Waals surface area (Å²) in [5.74, 6) is 0.101. The Bertz CT molecular complexity index is 554. The predicted molar refractivity (Wildman–Crippen MR) is 62.1 cm³/mol. The number of carbonyl (C=O) groups is 1. The highest BCUT2D eigenvalue weighted by Gasteiger charge is 2.44. The van der Waals surface area contributed by atoms with Gasteiger partial charge in [-0.3, -0.25) is 4.79 Å². The van der Waals surface area contributed by atoms with E-state index in [1.165, 1.54) is 0 Å². The molecule has 2 heterocycles. The summed E-state index contributed by atoms with van der Waals surface area (Å²) < 4.78 is 0. The second-order valence-electron chi connectivity index (χ2n) is 4.65. The molecule has 1 amide bonds. The molecule has 0 atom stereocenters. The van der Waals surface area contributed by atoms with E-state index in [2.05, 4.69) is 15.3 Å². The Morgan fingerprint density at radius 1 is 1.56 bits per heavy atom. The number of H-pyrrole nitrogens is 1. The summed E-state index contributed by atoms with van der Waals surface area (Å²) in [5.41, 5.74) is 1.47. The van der Waals surface area contributed by atoms with Crippen LogP contribution in [0, 0.1) is 5.41 Å². The van der Waals surface area contributed by atoms with Crippen molar-refractivity contribution >= 4 is 22.6 Å². The largest absolute Gasteiger partial charge is 0.346 e. The van der Waals surface area contributed by atoms with Gasteiger partial charge in [0.05, 0.1) is 11.9 Å². The van der Waals surface area contributed by atoms with Gasteiger partial charge in [-0.1, -0.05) is 6.92 Å². The Morgan fingerprint density at radius 2 is 2.38 bits per heavy atom. The van der Waals surface area contributed by atoms with E-state index < -0.39 is 0 Å². The third-order valence-corrected chi connectivity index (χ3v) is 3.21. The number of nitrogens with one attached hydrogen (secondary N) is 2. The number of rotatable bonds is 2. The van der Waals surface area contributed by atoms with Gasteiger partial charge in [0.1, 0.15) is 5.65 Å². The number of hydrogen-bond acceptors (Lipinski definition) is 2. The van der Waals surface area contributed by atoms with Crippen LogP contribution in [0.3, 0.4) is 0 Å². The number of hydrogen-bond donors (Lipinski definition) is 2. The Balaban J connectivity index is 1.86. The minimum atomic E-state index is -0.146. The van der Waals surface area contributed by atoms with Crippen molar-refractivity contribution in [3.63, 3.8) is 0 Å². The van der Waals surface area contributed by atoms with Crippen molar-refractivity contribution in [2.45, 2.75) is 19.8 Å². The molecular weight excluding hydrogens is 202 g/mol. The van der Waals surface area contributed by atoms with Gasteiger partial charge in [0.15, 0.2) is 0 Å². The SMILES string of the molecule is CC1(C(=O)Nc2cnc3[nH]ccc3c2)CC1. The molecule has 3 rings (SSSR count). The summed E-state index contributed by atoms with van der Waals surface area (Å²) in [6, 6.07) is 3.87. The number of pyridine rings is 1. The lowest BCUT2D eigenvalue weighted by molar-refractivity contribution is -0.120. The van der Waals surface area contributed by atoms with Gasteiger partial charge in [0.2, 0.25) is 5.91 Å². The van der Waals surface area contributed by atoms with Crippen LogP contribution in [0.25, 0.3) is 11.0 Å². The van der Waals surface area contributed by atoms with Crippen molar-refractivity contribution in [2.75, 3.05) is 5.32 Å². The second-order valence-corrected chi connectivity index (χ2v) is 4.65. The average molecular weight is 215 g/mol. The summed E-state index contributed by atoms with van der Waals surface area (Å²) in [4.78, 5) is 19.1. The Labute approximate surface area is 93.1 Å². The molecule has 0 spiro atoms. The molecule has 4 nitrogen and oxygen atoms in total. The van der Waals surface area contributed by atoms with Crippen molar-refractivity contribution in [3.05, 3.63) is 24.5 Å². The molecule has 0 aliphatic heterocycles. The Hall–Kier alpha value is -1.84. The van der Waals surface area contributed by atoms with Gasteiger partial charge in [-0.05, 0) is 25.0 Å². The molecule has 1 aliphatic carbocycles. The molecule has 0 radical (unpaired) electrons. The van der Waals surface area contributed by atoms with Crippen LogP contribution in [0.15, 0.2) is 24.5 Å². The van der Waals surface area contributed by atoms with Crippen molar-refractivity contribution in [2.24, 2.45) is 5.41 Å². The third kappa shape index (κ3) is 1.46. The van der Waals surface area contributed by atoms with E-state index in [9.17, 15) is 4.79 Å². The molecule has 1 saturated carbocycles. The van der Waals surface area contributed by atoms with E-state index >= 15 is 0 Å². The summed E-state index contributed by atoms with van der Waals surface area (Å²) >= 11 is 0. The number of amides is 1. The lowest BCUT2D eigenvalue weighted by Gasteiger charge is -2.09. The highest BCUT2D eigenvalue weighted by atomic mass is 16.2. The minimum Gasteiger partial charge on any atom is -0.346 e. The van der Waals surface area contributed by atoms with Gasteiger partial charge >= 0.3 is 0 Å². The average Bonchev–Trinajstić information content (AvgIpc) is 2.87. The van der Waals surface area contributed by atoms with E-state index in [0.29, 0.717) is 0 Å². The predicted octanol–water partition coefficient (Wildman–Crippen LogP) is 2.30. The van der Waals surface area contributed by atoms with Crippen molar-refractivity contribution in [3.8, 4) is 0 Å². The smallest absolute Gasteiger partial charge is 0.230 e. The molecule has 0 unspecified atom stereocenters. The first-order chi connectivity index (χ1) is 7.67. The highest BCUT2D eigenvalue weighted by Crippen LogP contribution is 2.45. The monoisotopic (exact) mass is 215 g/mol. The van der Waals surface area contributed by atoms with Gasteiger partial charge in [0, 0.05) is 17.0 Å². The molecule has 0 saturated heterocycles. The van der Waals surface area contributed by atoms with Gasteiger partial charge in [0.25, 0.3) is 0 Å². The van der Waals surface area contributed by atoms with E-state index in [4.69, 9.17) is 0 Å². The number of aromatic nitrogens is 2. The molecule has 0 bridgehead atoms. The van der Waals surface area contributed by atoms with Gasteiger partial charge in [-0.15, -0.1) is 0 Å². The molecule has 4 heteroatoms. The maximum atomic E-state index is 11.8. The second kappa shape index (κ2) is 3.07. The van der Waals surface area contributed by atoms with Crippen LogP contribution < -0.4 is 5.32 Å². The van der Waals surface area contributed by atoms with Crippen molar-refractivity contribution in [1.82, 2.24) is 9.97 Å². The summed E-state index contributed by atoms with van der Waals surface area (Å²) in [6.45, 7) is 1.99. The zero-order valence-electron chi connectivity index (χ0n) is 9.08. The number of nitrogens with zero attached hydrogens (tertiary/aromatic N) is 1. The van der Waals surface area contributed by atoms with Gasteiger partial charge in [-0.25, -0.2) is 4.98 Å². The quantitative estimate of drug-likeness (QED) is 0.807. The van der Waals surface area contributed by atoms with E-state index in [-0.39, 0.29) is 11.3 Å². The van der Waals surface area contributed by atoms with Gasteiger partial charge in [-0.2, -0.15) is 0 Å². The molecule has 82 valence electrons. The lowest BCUT2D eigenvalue weighted by atomic mass is 10.1. The first kappa shape index (κ1) is 9.39. The van der Waals surface area contributed by atoms with E-state index in [1.54, 1.807) is 6.20 Å². The lowest BCUT2D eigenvalue weighted by Crippen LogP contribution is -2.21. The molecule has 0 aromatic carbocycles. The van der Waals surface area contributed by atoms with E-state index in [0.717, 1.165) is 29.6 Å². The fourth-order valence-electron chi connectivity index (χ4n) is 1.70. The molecule has 1 aliphatic rings. The molecule has 1 fully saturated rings. The maximum Gasteiger partial charge on any atom is 0.230 e. The first-order valence-electron chi connectivity index (χ1n) is 5.42. The van der Waals surface area contributed by atoms with Crippen LogP contribution in [0.4, 0.5) is 5.69 Å².